The van der Waals surface area contributed by atoms with Gasteiger partial charge in [0.15, 0.2) is 5.13 Å². The molecule has 0 saturated carbocycles. The van der Waals surface area contributed by atoms with Gasteiger partial charge in [-0.25, -0.2) is 9.97 Å². The maximum Gasteiger partial charge on any atom is 0.264 e. The van der Waals surface area contributed by atoms with Crippen LogP contribution in [0.3, 0.4) is 0 Å². The SMILES string of the molecule is Cn1c(=O)c(C(=O)Nc2nccs2)cc2cccnc21. The summed E-state index contributed by atoms with van der Waals surface area (Å²) in [5.74, 6) is -0.466. The molecule has 0 fully saturated rings. The second kappa shape index (κ2) is 4.86. The van der Waals surface area contributed by atoms with Crippen LogP contribution in [-0.4, -0.2) is 20.4 Å². The van der Waals surface area contributed by atoms with Crippen LogP contribution in [-0.2, 0) is 7.05 Å². The summed E-state index contributed by atoms with van der Waals surface area (Å²) in [5, 5.41) is 5.55. The molecule has 3 rings (SSSR count). The van der Waals surface area contributed by atoms with Crippen molar-refractivity contribution in [2.24, 2.45) is 7.05 Å². The van der Waals surface area contributed by atoms with Crippen LogP contribution in [0.25, 0.3) is 11.0 Å². The van der Waals surface area contributed by atoms with Crippen LogP contribution < -0.4 is 10.9 Å². The maximum atomic E-state index is 12.2. The summed E-state index contributed by atoms with van der Waals surface area (Å²) in [6.07, 6.45) is 3.19. The number of nitrogens with one attached hydrogen (secondary N) is 1. The van der Waals surface area contributed by atoms with Crippen molar-refractivity contribution in [3.63, 3.8) is 0 Å². The predicted octanol–water partition coefficient (Wildman–Crippen LogP) is 1.64. The van der Waals surface area contributed by atoms with Gasteiger partial charge < -0.3 is 0 Å². The van der Waals surface area contributed by atoms with Crippen molar-refractivity contribution < 1.29 is 4.79 Å². The lowest BCUT2D eigenvalue weighted by Crippen LogP contribution is -2.28. The number of nitrogens with zero attached hydrogens (tertiary/aromatic N) is 3. The number of hydrogen-bond donors (Lipinski definition) is 1. The van der Waals surface area contributed by atoms with E-state index in [1.807, 2.05) is 6.07 Å². The summed E-state index contributed by atoms with van der Waals surface area (Å²) >= 11 is 1.30. The number of rotatable bonds is 2. The molecular formula is C13H10N4O2S. The minimum atomic E-state index is -0.466. The van der Waals surface area contributed by atoms with Crippen molar-refractivity contribution in [3.8, 4) is 0 Å². The van der Waals surface area contributed by atoms with E-state index in [1.165, 1.54) is 15.9 Å². The number of hydrogen-bond acceptors (Lipinski definition) is 5. The molecule has 0 spiro atoms. The summed E-state index contributed by atoms with van der Waals surface area (Å²) in [4.78, 5) is 32.4. The van der Waals surface area contributed by atoms with Gasteiger partial charge in [0, 0.05) is 30.2 Å². The molecule has 3 heterocycles. The van der Waals surface area contributed by atoms with Gasteiger partial charge >= 0.3 is 0 Å². The summed E-state index contributed by atoms with van der Waals surface area (Å²) in [6, 6.07) is 5.12. The Bertz CT molecular complexity index is 839. The Hall–Kier alpha value is -2.54. The van der Waals surface area contributed by atoms with E-state index in [0.717, 1.165) is 5.39 Å². The van der Waals surface area contributed by atoms with Gasteiger partial charge in [0.1, 0.15) is 11.2 Å². The summed E-state index contributed by atoms with van der Waals surface area (Å²) < 4.78 is 1.37. The molecule has 0 aliphatic carbocycles. The number of thiazole rings is 1. The molecule has 6 nitrogen and oxygen atoms in total. The third-order valence-electron chi connectivity index (χ3n) is 2.87. The molecule has 0 unspecified atom stereocenters. The van der Waals surface area contributed by atoms with Gasteiger partial charge in [-0.15, -0.1) is 11.3 Å². The molecule has 1 N–H and O–H groups in total. The Morgan fingerprint density at radius 3 is 2.95 bits per heavy atom. The van der Waals surface area contributed by atoms with Crippen LogP contribution in [0.2, 0.25) is 0 Å². The monoisotopic (exact) mass is 286 g/mol. The van der Waals surface area contributed by atoms with Crippen molar-refractivity contribution in [3.05, 3.63) is 51.9 Å². The lowest BCUT2D eigenvalue weighted by molar-refractivity contribution is 0.102. The van der Waals surface area contributed by atoms with Gasteiger partial charge in [0.2, 0.25) is 0 Å². The Morgan fingerprint density at radius 1 is 1.35 bits per heavy atom. The normalized spacial score (nSPS) is 10.7. The van der Waals surface area contributed by atoms with E-state index in [2.05, 4.69) is 15.3 Å². The van der Waals surface area contributed by atoms with E-state index in [4.69, 9.17) is 0 Å². The van der Waals surface area contributed by atoms with Gasteiger partial charge in [-0.2, -0.15) is 0 Å². The van der Waals surface area contributed by atoms with Gasteiger partial charge in [-0.3, -0.25) is 19.5 Å². The van der Waals surface area contributed by atoms with Crippen molar-refractivity contribution in [2.45, 2.75) is 0 Å². The second-order valence-corrected chi connectivity index (χ2v) is 5.02. The Kier molecular flexibility index (Phi) is 3.03. The fourth-order valence-electron chi connectivity index (χ4n) is 1.91. The lowest BCUT2D eigenvalue weighted by atomic mass is 10.2. The summed E-state index contributed by atoms with van der Waals surface area (Å²) in [7, 11) is 1.60. The minimum absolute atomic E-state index is 0.0724. The Morgan fingerprint density at radius 2 is 2.20 bits per heavy atom. The number of carbonyl (C=O) groups excluding carboxylic acids is 1. The average molecular weight is 286 g/mol. The number of fused-ring (bicyclic) bond motifs is 1. The third-order valence-corrected chi connectivity index (χ3v) is 3.56. The second-order valence-electron chi connectivity index (χ2n) is 4.13. The lowest BCUT2D eigenvalue weighted by Gasteiger charge is -2.07. The molecule has 0 aliphatic rings. The van der Waals surface area contributed by atoms with Crippen molar-refractivity contribution in [1.29, 1.82) is 0 Å². The average Bonchev–Trinajstić information content (AvgIpc) is 2.95. The molecule has 3 aromatic rings. The number of pyridine rings is 2. The highest BCUT2D eigenvalue weighted by molar-refractivity contribution is 7.13. The van der Waals surface area contributed by atoms with Crippen LogP contribution >= 0.6 is 11.3 Å². The fraction of sp³-hybridized carbons (Fsp3) is 0.0769. The number of aryl methyl sites for hydroxylation is 1. The highest BCUT2D eigenvalue weighted by Crippen LogP contribution is 2.13. The molecule has 7 heteroatoms. The van der Waals surface area contributed by atoms with E-state index in [-0.39, 0.29) is 11.1 Å². The molecule has 1 amide bonds. The molecule has 0 aliphatic heterocycles. The first-order valence-corrected chi connectivity index (χ1v) is 6.70. The smallest absolute Gasteiger partial charge is 0.264 e. The Balaban J connectivity index is 2.09. The van der Waals surface area contributed by atoms with Crippen LogP contribution in [0.5, 0.6) is 0 Å². The first kappa shape index (κ1) is 12.5. The van der Waals surface area contributed by atoms with Crippen molar-refractivity contribution >= 4 is 33.4 Å². The first-order chi connectivity index (χ1) is 9.66. The zero-order valence-electron chi connectivity index (χ0n) is 10.5. The van der Waals surface area contributed by atoms with Crippen LogP contribution in [0.15, 0.2) is 40.8 Å². The minimum Gasteiger partial charge on any atom is -0.298 e. The number of carbonyl (C=O) groups is 1. The molecule has 20 heavy (non-hydrogen) atoms. The van der Waals surface area contributed by atoms with Gasteiger partial charge in [0.25, 0.3) is 11.5 Å². The van der Waals surface area contributed by atoms with Crippen molar-refractivity contribution in [1.82, 2.24) is 14.5 Å². The van der Waals surface area contributed by atoms with Gasteiger partial charge in [0.05, 0.1) is 0 Å². The quantitative estimate of drug-likeness (QED) is 0.777. The first-order valence-electron chi connectivity index (χ1n) is 5.82. The predicted molar refractivity (Wildman–Crippen MR) is 77.1 cm³/mol. The zero-order valence-corrected chi connectivity index (χ0v) is 11.3. The summed E-state index contributed by atoms with van der Waals surface area (Å²) in [5.41, 5.74) is 0.233. The molecule has 0 saturated heterocycles. The molecule has 0 bridgehead atoms. The van der Waals surface area contributed by atoms with Crippen molar-refractivity contribution in [2.75, 3.05) is 5.32 Å². The molecule has 0 radical (unpaired) electrons. The third kappa shape index (κ3) is 2.08. The van der Waals surface area contributed by atoms with E-state index < -0.39 is 5.91 Å². The van der Waals surface area contributed by atoms with E-state index >= 15 is 0 Å². The van der Waals surface area contributed by atoms with E-state index in [1.54, 1.807) is 37.0 Å². The van der Waals surface area contributed by atoms with Gasteiger partial charge in [-0.1, -0.05) is 0 Å². The summed E-state index contributed by atoms with van der Waals surface area (Å²) in [6.45, 7) is 0. The highest BCUT2D eigenvalue weighted by Gasteiger charge is 2.15. The number of aromatic nitrogens is 3. The molecule has 100 valence electrons. The highest BCUT2D eigenvalue weighted by atomic mass is 32.1. The van der Waals surface area contributed by atoms with E-state index in [9.17, 15) is 9.59 Å². The zero-order chi connectivity index (χ0) is 14.1. The topological polar surface area (TPSA) is 76.9 Å². The largest absolute Gasteiger partial charge is 0.298 e. The molecule has 3 aromatic heterocycles. The van der Waals surface area contributed by atoms with Crippen LogP contribution in [0.1, 0.15) is 10.4 Å². The van der Waals surface area contributed by atoms with Crippen LogP contribution in [0.4, 0.5) is 5.13 Å². The number of amides is 1. The fourth-order valence-corrected chi connectivity index (χ4v) is 2.43. The standard InChI is InChI=1S/C13H10N4O2S/c1-17-10-8(3-2-4-14-10)7-9(12(17)19)11(18)16-13-15-5-6-20-13/h2-7H,1H3,(H,15,16,18). The van der Waals surface area contributed by atoms with Crippen LogP contribution in [0, 0.1) is 0 Å². The van der Waals surface area contributed by atoms with E-state index in [0.29, 0.717) is 10.8 Å². The molecule has 0 atom stereocenters. The maximum absolute atomic E-state index is 12.2. The molecule has 0 aromatic carbocycles. The molecular weight excluding hydrogens is 276 g/mol. The number of anilines is 1. The Labute approximate surface area is 117 Å². The van der Waals surface area contributed by atoms with Gasteiger partial charge in [-0.05, 0) is 18.2 Å².